The molecule has 3 rings (SSSR count). The standard InChI is InChI=1S/C24H25FN2O4/c1-4-14-31-19-7-5-6-17(15-19)21-20(22(28)16-8-10-18(25)11-9-16)23(29)24(30)27(21)13-12-26(2)3/h4-11,15,21,28H,1,12-14H2,2-3H3/p+1/b22-20-/t21-/m0/s1. The van der Waals surface area contributed by atoms with E-state index in [1.807, 2.05) is 14.1 Å². The number of ketones is 1. The summed E-state index contributed by atoms with van der Waals surface area (Å²) in [6.07, 6.45) is 1.62. The van der Waals surface area contributed by atoms with Crippen LogP contribution in [0.1, 0.15) is 17.2 Å². The van der Waals surface area contributed by atoms with E-state index in [2.05, 4.69) is 6.58 Å². The molecule has 2 N–H and O–H groups in total. The maximum atomic E-state index is 13.3. The predicted molar refractivity (Wildman–Crippen MR) is 115 cm³/mol. The number of aliphatic hydroxyl groups is 1. The van der Waals surface area contributed by atoms with Crippen molar-refractivity contribution < 1.29 is 28.7 Å². The molecule has 1 saturated heterocycles. The Hall–Kier alpha value is -3.45. The van der Waals surface area contributed by atoms with Crippen molar-refractivity contribution in [2.45, 2.75) is 6.04 Å². The second-order valence-corrected chi connectivity index (χ2v) is 7.63. The summed E-state index contributed by atoms with van der Waals surface area (Å²) in [5.74, 6) is -1.68. The van der Waals surface area contributed by atoms with Gasteiger partial charge in [0.25, 0.3) is 11.7 Å². The second-order valence-electron chi connectivity index (χ2n) is 7.63. The minimum absolute atomic E-state index is 0.0220. The lowest BCUT2D eigenvalue weighted by atomic mass is 9.95. The molecule has 0 aromatic heterocycles. The molecular formula is C24H26FN2O4+. The maximum Gasteiger partial charge on any atom is 0.295 e. The van der Waals surface area contributed by atoms with Crippen LogP contribution in [0, 0.1) is 5.82 Å². The Morgan fingerprint density at radius 3 is 2.58 bits per heavy atom. The fourth-order valence-electron chi connectivity index (χ4n) is 3.49. The topological polar surface area (TPSA) is 71.3 Å². The zero-order valence-corrected chi connectivity index (χ0v) is 17.6. The molecule has 1 fully saturated rings. The molecule has 31 heavy (non-hydrogen) atoms. The zero-order chi connectivity index (χ0) is 22.5. The van der Waals surface area contributed by atoms with Gasteiger partial charge in [-0.1, -0.05) is 24.8 Å². The first-order chi connectivity index (χ1) is 14.8. The highest BCUT2D eigenvalue weighted by Gasteiger charge is 2.46. The predicted octanol–water partition coefficient (Wildman–Crippen LogP) is 1.96. The van der Waals surface area contributed by atoms with Gasteiger partial charge in [-0.2, -0.15) is 0 Å². The number of likely N-dealkylation sites (tertiary alicyclic amines) is 1. The molecule has 0 unspecified atom stereocenters. The molecule has 2 aromatic rings. The van der Waals surface area contributed by atoms with Gasteiger partial charge in [-0.3, -0.25) is 9.59 Å². The van der Waals surface area contributed by atoms with Crippen molar-refractivity contribution in [1.29, 1.82) is 0 Å². The summed E-state index contributed by atoms with van der Waals surface area (Å²) < 4.78 is 18.9. The third-order valence-corrected chi connectivity index (χ3v) is 5.05. The number of amides is 1. The smallest absolute Gasteiger partial charge is 0.295 e. The molecular weight excluding hydrogens is 399 g/mol. The summed E-state index contributed by atoms with van der Waals surface area (Å²) in [5.41, 5.74) is 0.881. The Morgan fingerprint density at radius 1 is 1.23 bits per heavy atom. The van der Waals surface area contributed by atoms with Crippen LogP contribution in [0.15, 0.2) is 66.8 Å². The fraction of sp³-hybridized carbons (Fsp3) is 0.250. The Bertz CT molecular complexity index is 1010. The van der Waals surface area contributed by atoms with E-state index in [0.29, 0.717) is 31.0 Å². The van der Waals surface area contributed by atoms with E-state index < -0.39 is 23.5 Å². The first-order valence-corrected chi connectivity index (χ1v) is 10.0. The summed E-state index contributed by atoms with van der Waals surface area (Å²) in [6, 6.07) is 11.4. The van der Waals surface area contributed by atoms with Crippen molar-refractivity contribution >= 4 is 17.4 Å². The number of rotatable bonds is 8. The molecule has 1 aliphatic rings. The van der Waals surface area contributed by atoms with Crippen LogP contribution in [0.4, 0.5) is 4.39 Å². The third kappa shape index (κ3) is 4.83. The molecule has 1 heterocycles. The summed E-state index contributed by atoms with van der Waals surface area (Å²) in [7, 11) is 3.90. The van der Waals surface area contributed by atoms with Crippen LogP contribution in [0.5, 0.6) is 5.75 Å². The summed E-state index contributed by atoms with van der Waals surface area (Å²) in [5, 5.41) is 10.9. The van der Waals surface area contributed by atoms with Crippen molar-refractivity contribution in [3.8, 4) is 5.75 Å². The van der Waals surface area contributed by atoms with Gasteiger partial charge in [-0.15, -0.1) is 0 Å². The number of nitrogens with zero attached hydrogens (tertiary/aromatic N) is 1. The van der Waals surface area contributed by atoms with Crippen LogP contribution in [-0.2, 0) is 9.59 Å². The molecule has 0 spiro atoms. The van der Waals surface area contributed by atoms with Gasteiger partial charge >= 0.3 is 0 Å². The zero-order valence-electron chi connectivity index (χ0n) is 17.6. The molecule has 2 aromatic carbocycles. The molecule has 0 radical (unpaired) electrons. The average molecular weight is 425 g/mol. The Balaban J connectivity index is 2.12. The molecule has 1 amide bonds. The van der Waals surface area contributed by atoms with Gasteiger partial charge in [0.15, 0.2) is 0 Å². The lowest BCUT2D eigenvalue weighted by Crippen LogP contribution is -3.06. The van der Waals surface area contributed by atoms with Crippen molar-refractivity contribution in [3.05, 3.63) is 83.7 Å². The summed E-state index contributed by atoms with van der Waals surface area (Å²) in [4.78, 5) is 28.4. The number of aliphatic hydroxyl groups excluding tert-OH is 1. The van der Waals surface area contributed by atoms with E-state index in [-0.39, 0.29) is 16.9 Å². The van der Waals surface area contributed by atoms with Gasteiger partial charge in [0.2, 0.25) is 0 Å². The molecule has 6 nitrogen and oxygen atoms in total. The van der Waals surface area contributed by atoms with Crippen LogP contribution in [-0.4, -0.2) is 55.5 Å². The van der Waals surface area contributed by atoms with Crippen LogP contribution >= 0.6 is 0 Å². The minimum atomic E-state index is -0.781. The average Bonchev–Trinajstić information content (AvgIpc) is 3.01. The van der Waals surface area contributed by atoms with Crippen molar-refractivity contribution in [3.63, 3.8) is 0 Å². The van der Waals surface area contributed by atoms with Gasteiger partial charge in [-0.05, 0) is 42.0 Å². The number of hydrogen-bond donors (Lipinski definition) is 2. The highest BCUT2D eigenvalue weighted by Crippen LogP contribution is 2.40. The number of ether oxygens (including phenoxy) is 1. The number of hydrogen-bond acceptors (Lipinski definition) is 4. The van der Waals surface area contributed by atoms with Crippen LogP contribution in [0.3, 0.4) is 0 Å². The molecule has 1 atom stereocenters. The van der Waals surface area contributed by atoms with Crippen molar-refractivity contribution in [1.82, 2.24) is 4.90 Å². The van der Waals surface area contributed by atoms with E-state index in [9.17, 15) is 19.1 Å². The number of Topliss-reactive ketones (excluding diaryl/α,β-unsaturated/α-hetero) is 1. The monoisotopic (exact) mass is 425 g/mol. The summed E-state index contributed by atoms with van der Waals surface area (Å²) >= 11 is 0. The normalized spacial score (nSPS) is 17.9. The van der Waals surface area contributed by atoms with E-state index in [0.717, 1.165) is 4.90 Å². The quantitative estimate of drug-likeness (QED) is 0.294. The Morgan fingerprint density at radius 2 is 1.94 bits per heavy atom. The number of benzene rings is 2. The van der Waals surface area contributed by atoms with E-state index in [1.165, 1.54) is 29.2 Å². The first kappa shape index (κ1) is 22.2. The maximum absolute atomic E-state index is 13.3. The van der Waals surface area contributed by atoms with E-state index >= 15 is 0 Å². The van der Waals surface area contributed by atoms with Gasteiger partial charge in [0, 0.05) is 5.56 Å². The highest BCUT2D eigenvalue weighted by atomic mass is 19.1. The van der Waals surface area contributed by atoms with Crippen LogP contribution in [0.2, 0.25) is 0 Å². The summed E-state index contributed by atoms with van der Waals surface area (Å²) in [6.45, 7) is 4.89. The Kier molecular flexibility index (Phi) is 6.87. The molecule has 0 bridgehead atoms. The van der Waals surface area contributed by atoms with Gasteiger partial charge in [0.05, 0.1) is 38.8 Å². The molecule has 1 aliphatic heterocycles. The fourth-order valence-corrected chi connectivity index (χ4v) is 3.49. The number of carbonyl (C=O) groups excluding carboxylic acids is 2. The largest absolute Gasteiger partial charge is 0.507 e. The lowest BCUT2D eigenvalue weighted by molar-refractivity contribution is -0.857. The van der Waals surface area contributed by atoms with Crippen molar-refractivity contribution in [2.75, 3.05) is 33.8 Å². The van der Waals surface area contributed by atoms with Crippen molar-refractivity contribution in [2.24, 2.45) is 0 Å². The number of quaternary nitrogens is 1. The number of halogens is 1. The number of carbonyl (C=O) groups is 2. The van der Waals surface area contributed by atoms with Gasteiger partial charge in [0.1, 0.15) is 23.9 Å². The van der Waals surface area contributed by atoms with Crippen LogP contribution < -0.4 is 9.64 Å². The minimum Gasteiger partial charge on any atom is -0.507 e. The SMILES string of the molecule is C=CCOc1cccc([C@H]2/C(=C(/O)c3ccc(F)cc3)C(=O)C(=O)N2CC[NH+](C)C)c1. The van der Waals surface area contributed by atoms with E-state index in [1.54, 1.807) is 30.3 Å². The molecule has 162 valence electrons. The van der Waals surface area contributed by atoms with Gasteiger partial charge in [-0.25, -0.2) is 4.39 Å². The third-order valence-electron chi connectivity index (χ3n) is 5.05. The molecule has 7 heteroatoms. The van der Waals surface area contributed by atoms with Crippen LogP contribution in [0.25, 0.3) is 5.76 Å². The lowest BCUT2D eigenvalue weighted by Gasteiger charge is -2.26. The molecule has 0 saturated carbocycles. The van der Waals surface area contributed by atoms with E-state index in [4.69, 9.17) is 4.74 Å². The number of likely N-dealkylation sites (N-methyl/N-ethyl adjacent to an activating group) is 1. The second kappa shape index (κ2) is 9.57. The first-order valence-electron chi connectivity index (χ1n) is 10.0. The number of nitrogens with one attached hydrogen (secondary N) is 1. The Labute approximate surface area is 180 Å². The highest BCUT2D eigenvalue weighted by molar-refractivity contribution is 6.46. The molecule has 0 aliphatic carbocycles. The van der Waals surface area contributed by atoms with Gasteiger partial charge < -0.3 is 19.6 Å².